The van der Waals surface area contributed by atoms with E-state index < -0.39 is 8.32 Å². The van der Waals surface area contributed by atoms with Crippen LogP contribution in [0.1, 0.15) is 26.5 Å². The van der Waals surface area contributed by atoms with E-state index in [0.29, 0.717) is 24.8 Å². The summed E-state index contributed by atoms with van der Waals surface area (Å²) in [5, 5.41) is 9.20. The minimum absolute atomic E-state index is 0.0718. The molecular weight excluding hydrogens is 258 g/mol. The summed E-state index contributed by atoms with van der Waals surface area (Å²) in [7, 11) is -1.70. The van der Waals surface area contributed by atoms with E-state index in [4.69, 9.17) is 14.3 Å². The second kappa shape index (κ2) is 6.50. The highest BCUT2D eigenvalue weighted by molar-refractivity contribution is 6.74. The molecule has 0 saturated carbocycles. The second-order valence-corrected chi connectivity index (χ2v) is 10.9. The zero-order valence-corrected chi connectivity index (χ0v) is 13.6. The van der Waals surface area contributed by atoms with Gasteiger partial charge in [0.15, 0.2) is 8.32 Å². The van der Waals surface area contributed by atoms with Crippen molar-refractivity contribution in [2.75, 3.05) is 13.2 Å². The molecule has 0 aliphatic rings. The van der Waals surface area contributed by atoms with Crippen LogP contribution >= 0.6 is 0 Å². The van der Waals surface area contributed by atoms with E-state index in [1.54, 1.807) is 12.1 Å². The van der Waals surface area contributed by atoms with Gasteiger partial charge < -0.3 is 14.3 Å². The molecule has 1 N–H and O–H groups in total. The van der Waals surface area contributed by atoms with Crippen LogP contribution in [0.25, 0.3) is 0 Å². The van der Waals surface area contributed by atoms with Gasteiger partial charge in [-0.2, -0.15) is 0 Å². The molecule has 1 heterocycles. The van der Waals surface area contributed by atoms with Crippen LogP contribution in [0.3, 0.4) is 0 Å². The van der Waals surface area contributed by atoms with Crippen molar-refractivity contribution in [2.24, 2.45) is 0 Å². The summed E-state index contributed by atoms with van der Waals surface area (Å²) in [6.45, 7) is 12.1. The van der Waals surface area contributed by atoms with Crippen LogP contribution in [-0.2, 0) is 11.0 Å². The Kier molecular flexibility index (Phi) is 5.52. The zero-order chi connectivity index (χ0) is 14.5. The van der Waals surface area contributed by atoms with E-state index in [-0.39, 0.29) is 11.6 Å². The fourth-order valence-electron chi connectivity index (χ4n) is 1.29. The lowest BCUT2D eigenvalue weighted by Crippen LogP contribution is -2.41. The van der Waals surface area contributed by atoms with Crippen molar-refractivity contribution in [1.29, 1.82) is 0 Å². The molecule has 0 spiro atoms. The number of hydrogen-bond donors (Lipinski definition) is 1. The van der Waals surface area contributed by atoms with Crippen molar-refractivity contribution in [2.45, 2.75) is 45.5 Å². The third kappa shape index (κ3) is 4.93. The van der Waals surface area contributed by atoms with Gasteiger partial charge in [0.1, 0.15) is 6.61 Å². The number of aromatic nitrogens is 1. The topological polar surface area (TPSA) is 51.6 Å². The van der Waals surface area contributed by atoms with Crippen LogP contribution in [-0.4, -0.2) is 31.6 Å². The van der Waals surface area contributed by atoms with Gasteiger partial charge >= 0.3 is 0 Å². The molecule has 4 nitrogen and oxygen atoms in total. The summed E-state index contributed by atoms with van der Waals surface area (Å²) < 4.78 is 11.5. The van der Waals surface area contributed by atoms with E-state index in [1.807, 2.05) is 6.07 Å². The first-order valence-corrected chi connectivity index (χ1v) is 9.50. The highest BCUT2D eigenvalue weighted by atomic mass is 28.4. The SMILES string of the molecule is CC(C)(C)[Si](C)(C)OCCOc1cccc(CO)n1. The average Bonchev–Trinajstić information content (AvgIpc) is 2.33. The predicted molar refractivity (Wildman–Crippen MR) is 78.8 cm³/mol. The minimum Gasteiger partial charge on any atom is -0.475 e. The third-order valence-electron chi connectivity index (χ3n) is 3.55. The van der Waals surface area contributed by atoms with Crippen LogP contribution in [0.4, 0.5) is 0 Å². The van der Waals surface area contributed by atoms with Crippen LogP contribution in [0.5, 0.6) is 5.88 Å². The van der Waals surface area contributed by atoms with Crippen LogP contribution in [0.15, 0.2) is 18.2 Å². The number of aliphatic hydroxyl groups excluding tert-OH is 1. The van der Waals surface area contributed by atoms with Crippen molar-refractivity contribution in [3.63, 3.8) is 0 Å². The van der Waals surface area contributed by atoms with Gasteiger partial charge in [0.05, 0.1) is 18.9 Å². The van der Waals surface area contributed by atoms with Gasteiger partial charge in [-0.25, -0.2) is 4.98 Å². The molecule has 1 aromatic heterocycles. The maximum atomic E-state index is 8.99. The summed E-state index contributed by atoms with van der Waals surface area (Å²) in [6, 6.07) is 5.37. The number of pyridine rings is 1. The van der Waals surface area contributed by atoms with E-state index in [2.05, 4.69) is 38.8 Å². The monoisotopic (exact) mass is 283 g/mol. The summed E-state index contributed by atoms with van der Waals surface area (Å²) in [4.78, 5) is 4.16. The van der Waals surface area contributed by atoms with E-state index in [9.17, 15) is 0 Å². The Labute approximate surface area is 116 Å². The standard InChI is InChI=1S/C14H25NO3Si/c1-14(2,3)19(4,5)18-10-9-17-13-8-6-7-12(11-16)15-13/h6-8,16H,9-11H2,1-5H3. The lowest BCUT2D eigenvalue weighted by molar-refractivity contribution is 0.197. The lowest BCUT2D eigenvalue weighted by atomic mass is 10.2. The van der Waals surface area contributed by atoms with Gasteiger partial charge in [0.25, 0.3) is 0 Å². The first-order valence-electron chi connectivity index (χ1n) is 6.60. The Morgan fingerprint density at radius 2 is 1.89 bits per heavy atom. The molecule has 0 atom stereocenters. The van der Waals surface area contributed by atoms with Gasteiger partial charge in [-0.1, -0.05) is 26.8 Å². The minimum atomic E-state index is -1.70. The Hall–Kier alpha value is -0.913. The summed E-state index contributed by atoms with van der Waals surface area (Å²) in [6.07, 6.45) is 0. The Morgan fingerprint density at radius 1 is 1.21 bits per heavy atom. The Balaban J connectivity index is 2.39. The normalized spacial score (nSPS) is 12.5. The van der Waals surface area contributed by atoms with Gasteiger partial charge in [-0.15, -0.1) is 0 Å². The third-order valence-corrected chi connectivity index (χ3v) is 8.08. The van der Waals surface area contributed by atoms with Crippen molar-refractivity contribution in [1.82, 2.24) is 4.98 Å². The first-order chi connectivity index (χ1) is 8.76. The van der Waals surface area contributed by atoms with Gasteiger partial charge in [0.2, 0.25) is 5.88 Å². The Morgan fingerprint density at radius 3 is 2.47 bits per heavy atom. The fraction of sp³-hybridized carbons (Fsp3) is 0.643. The van der Waals surface area contributed by atoms with Gasteiger partial charge in [-0.05, 0) is 24.2 Å². The van der Waals surface area contributed by atoms with Crippen LogP contribution in [0, 0.1) is 0 Å². The molecule has 1 rings (SSSR count). The van der Waals surface area contributed by atoms with Gasteiger partial charge in [-0.3, -0.25) is 0 Å². The summed E-state index contributed by atoms with van der Waals surface area (Å²) in [5.74, 6) is 0.533. The van der Waals surface area contributed by atoms with Crippen molar-refractivity contribution >= 4 is 8.32 Å². The molecule has 0 radical (unpaired) electrons. The number of ether oxygens (including phenoxy) is 1. The average molecular weight is 283 g/mol. The van der Waals surface area contributed by atoms with E-state index in [1.165, 1.54) is 0 Å². The van der Waals surface area contributed by atoms with E-state index >= 15 is 0 Å². The molecular formula is C14H25NO3Si. The maximum Gasteiger partial charge on any atom is 0.213 e. The fourth-order valence-corrected chi connectivity index (χ4v) is 2.31. The highest BCUT2D eigenvalue weighted by Gasteiger charge is 2.36. The van der Waals surface area contributed by atoms with Crippen LogP contribution in [0.2, 0.25) is 18.1 Å². The zero-order valence-electron chi connectivity index (χ0n) is 12.6. The number of aliphatic hydroxyl groups is 1. The highest BCUT2D eigenvalue weighted by Crippen LogP contribution is 2.36. The predicted octanol–water partition coefficient (Wildman–Crippen LogP) is 2.97. The number of hydrogen-bond acceptors (Lipinski definition) is 4. The molecule has 0 amide bonds. The quantitative estimate of drug-likeness (QED) is 0.644. The maximum absolute atomic E-state index is 8.99. The van der Waals surface area contributed by atoms with Crippen molar-refractivity contribution < 1.29 is 14.3 Å². The first kappa shape index (κ1) is 16.1. The second-order valence-electron chi connectivity index (χ2n) is 6.08. The molecule has 0 aromatic carbocycles. The molecule has 108 valence electrons. The largest absolute Gasteiger partial charge is 0.475 e. The summed E-state index contributed by atoms with van der Waals surface area (Å²) in [5.41, 5.74) is 0.614. The molecule has 0 saturated heterocycles. The van der Waals surface area contributed by atoms with E-state index in [0.717, 1.165) is 0 Å². The number of rotatable bonds is 6. The van der Waals surface area contributed by atoms with Gasteiger partial charge in [0, 0.05) is 6.07 Å². The molecule has 0 bridgehead atoms. The molecule has 5 heteroatoms. The molecule has 1 aromatic rings. The smallest absolute Gasteiger partial charge is 0.213 e. The van der Waals surface area contributed by atoms with Crippen molar-refractivity contribution in [3.8, 4) is 5.88 Å². The molecule has 0 aliphatic heterocycles. The lowest BCUT2D eigenvalue weighted by Gasteiger charge is -2.36. The molecule has 0 unspecified atom stereocenters. The molecule has 19 heavy (non-hydrogen) atoms. The number of nitrogens with zero attached hydrogens (tertiary/aromatic N) is 1. The molecule has 0 fully saturated rings. The Bertz CT molecular complexity index is 402. The van der Waals surface area contributed by atoms with Crippen LogP contribution < -0.4 is 4.74 Å². The summed E-state index contributed by atoms with van der Waals surface area (Å²) >= 11 is 0. The molecule has 0 aliphatic carbocycles. The van der Waals surface area contributed by atoms with Crippen molar-refractivity contribution in [3.05, 3.63) is 23.9 Å².